The average Bonchev–Trinajstić information content (AvgIpc) is 2.19. The maximum atomic E-state index is 11.6. The molecule has 1 aliphatic rings. The number of rotatable bonds is 4. The molecule has 0 aliphatic carbocycles. The van der Waals surface area contributed by atoms with Crippen LogP contribution < -0.4 is 5.32 Å². The summed E-state index contributed by atoms with van der Waals surface area (Å²) in [6.45, 7) is 2.74. The summed E-state index contributed by atoms with van der Waals surface area (Å²) >= 11 is 3.35. The Kier molecular flexibility index (Phi) is 5.48. The Labute approximate surface area is 93.7 Å². The third-order valence-corrected chi connectivity index (χ3v) is 2.86. The molecule has 0 aromatic rings. The molecule has 0 aromatic carbocycles. The van der Waals surface area contributed by atoms with E-state index in [4.69, 9.17) is 4.74 Å². The van der Waals surface area contributed by atoms with Crippen LogP contribution in [0.3, 0.4) is 0 Å². The molecule has 1 fully saturated rings. The Morgan fingerprint density at radius 1 is 1.64 bits per heavy atom. The Morgan fingerprint density at radius 3 is 3.00 bits per heavy atom. The lowest BCUT2D eigenvalue weighted by Crippen LogP contribution is -2.42. The van der Waals surface area contributed by atoms with Crippen LogP contribution in [0.15, 0.2) is 0 Å². The molecule has 0 saturated carbocycles. The molecule has 14 heavy (non-hydrogen) atoms. The van der Waals surface area contributed by atoms with Crippen molar-refractivity contribution in [3.05, 3.63) is 0 Å². The molecule has 0 bridgehead atoms. The molecular formula is C10H18BrNO2. The molecule has 4 heteroatoms. The summed E-state index contributed by atoms with van der Waals surface area (Å²) in [5.41, 5.74) is 0. The SMILES string of the molecule is CC(CCBr)NC(=O)C1CCCCO1. The molecular weight excluding hydrogens is 246 g/mol. The molecule has 3 nitrogen and oxygen atoms in total. The minimum absolute atomic E-state index is 0.0538. The standard InChI is InChI=1S/C10H18BrNO2/c1-8(5-6-11)12-10(13)9-4-2-3-7-14-9/h8-9H,2-7H2,1H3,(H,12,13). The maximum absolute atomic E-state index is 11.6. The second kappa shape index (κ2) is 6.40. The summed E-state index contributed by atoms with van der Waals surface area (Å²) in [4.78, 5) is 11.6. The van der Waals surface area contributed by atoms with Crippen molar-refractivity contribution >= 4 is 21.8 Å². The van der Waals surface area contributed by atoms with Crippen LogP contribution >= 0.6 is 15.9 Å². The number of hydrogen-bond donors (Lipinski definition) is 1. The fourth-order valence-electron chi connectivity index (χ4n) is 1.52. The molecule has 82 valence electrons. The third kappa shape index (κ3) is 3.96. The van der Waals surface area contributed by atoms with E-state index in [2.05, 4.69) is 21.2 Å². The van der Waals surface area contributed by atoms with Crippen molar-refractivity contribution in [2.24, 2.45) is 0 Å². The van der Waals surface area contributed by atoms with E-state index < -0.39 is 0 Å². The molecule has 1 rings (SSSR count). The van der Waals surface area contributed by atoms with Gasteiger partial charge >= 0.3 is 0 Å². The normalized spacial score (nSPS) is 24.3. The third-order valence-electron chi connectivity index (χ3n) is 2.40. The van der Waals surface area contributed by atoms with Crippen LogP contribution in [0, 0.1) is 0 Å². The van der Waals surface area contributed by atoms with E-state index >= 15 is 0 Å². The first-order valence-electron chi connectivity index (χ1n) is 5.22. The Bertz CT molecular complexity index is 181. The summed E-state index contributed by atoms with van der Waals surface area (Å²) in [7, 11) is 0. The number of hydrogen-bond acceptors (Lipinski definition) is 2. The van der Waals surface area contributed by atoms with Gasteiger partial charge in [-0.2, -0.15) is 0 Å². The smallest absolute Gasteiger partial charge is 0.249 e. The molecule has 1 heterocycles. The molecule has 2 atom stereocenters. The van der Waals surface area contributed by atoms with E-state index in [1.807, 2.05) is 6.92 Å². The van der Waals surface area contributed by atoms with Crippen LogP contribution in [0.25, 0.3) is 0 Å². The fraction of sp³-hybridized carbons (Fsp3) is 0.900. The van der Waals surface area contributed by atoms with E-state index in [0.29, 0.717) is 0 Å². The summed E-state index contributed by atoms with van der Waals surface area (Å²) in [6.07, 6.45) is 3.80. The second-order valence-electron chi connectivity index (χ2n) is 3.74. The van der Waals surface area contributed by atoms with E-state index in [1.165, 1.54) is 0 Å². The van der Waals surface area contributed by atoms with Gasteiger partial charge in [0, 0.05) is 18.0 Å². The van der Waals surface area contributed by atoms with Crippen LogP contribution in [-0.4, -0.2) is 30.0 Å². The zero-order valence-corrected chi connectivity index (χ0v) is 10.2. The van der Waals surface area contributed by atoms with Crippen molar-refractivity contribution in [3.63, 3.8) is 0 Å². The van der Waals surface area contributed by atoms with Gasteiger partial charge in [-0.1, -0.05) is 15.9 Å². The molecule has 1 N–H and O–H groups in total. The van der Waals surface area contributed by atoms with Crippen molar-refractivity contribution in [3.8, 4) is 0 Å². The van der Waals surface area contributed by atoms with Crippen molar-refractivity contribution in [1.82, 2.24) is 5.32 Å². The summed E-state index contributed by atoms with van der Waals surface area (Å²) in [5.74, 6) is 0.0538. The Hall–Kier alpha value is -0.0900. The molecule has 2 unspecified atom stereocenters. The molecule has 1 aliphatic heterocycles. The molecule has 0 aromatic heterocycles. The number of halogens is 1. The van der Waals surface area contributed by atoms with Crippen molar-refractivity contribution < 1.29 is 9.53 Å². The van der Waals surface area contributed by atoms with Gasteiger partial charge in [0.2, 0.25) is 5.91 Å². The predicted octanol–water partition coefficient (Wildman–Crippen LogP) is 1.85. The van der Waals surface area contributed by atoms with Gasteiger partial charge in [0.05, 0.1) is 0 Å². The first kappa shape index (κ1) is 12.0. The first-order valence-corrected chi connectivity index (χ1v) is 6.34. The van der Waals surface area contributed by atoms with E-state index in [-0.39, 0.29) is 18.1 Å². The van der Waals surface area contributed by atoms with Gasteiger partial charge in [-0.15, -0.1) is 0 Å². The van der Waals surface area contributed by atoms with Crippen LogP contribution in [0.4, 0.5) is 0 Å². The highest BCUT2D eigenvalue weighted by molar-refractivity contribution is 9.09. The molecule has 0 spiro atoms. The number of amides is 1. The molecule has 1 saturated heterocycles. The quantitative estimate of drug-likeness (QED) is 0.787. The van der Waals surface area contributed by atoms with Gasteiger partial charge in [0.25, 0.3) is 0 Å². The van der Waals surface area contributed by atoms with Crippen LogP contribution in [0.2, 0.25) is 0 Å². The van der Waals surface area contributed by atoms with Crippen LogP contribution in [0.1, 0.15) is 32.6 Å². The first-order chi connectivity index (χ1) is 6.74. The van der Waals surface area contributed by atoms with E-state index in [0.717, 1.165) is 37.6 Å². The summed E-state index contributed by atoms with van der Waals surface area (Å²) < 4.78 is 5.39. The topological polar surface area (TPSA) is 38.3 Å². The van der Waals surface area contributed by atoms with Crippen molar-refractivity contribution in [2.45, 2.75) is 44.8 Å². The van der Waals surface area contributed by atoms with Gasteiger partial charge < -0.3 is 10.1 Å². The maximum Gasteiger partial charge on any atom is 0.249 e. The van der Waals surface area contributed by atoms with Gasteiger partial charge in [-0.05, 0) is 32.6 Å². The highest BCUT2D eigenvalue weighted by atomic mass is 79.9. The lowest BCUT2D eigenvalue weighted by atomic mass is 10.1. The van der Waals surface area contributed by atoms with E-state index in [9.17, 15) is 4.79 Å². The minimum Gasteiger partial charge on any atom is -0.368 e. The Morgan fingerprint density at radius 2 is 2.43 bits per heavy atom. The van der Waals surface area contributed by atoms with Crippen molar-refractivity contribution in [1.29, 1.82) is 0 Å². The number of carbonyl (C=O) groups excluding carboxylic acids is 1. The van der Waals surface area contributed by atoms with Gasteiger partial charge in [-0.3, -0.25) is 4.79 Å². The van der Waals surface area contributed by atoms with E-state index in [1.54, 1.807) is 0 Å². The largest absolute Gasteiger partial charge is 0.368 e. The fourth-order valence-corrected chi connectivity index (χ4v) is 2.21. The highest BCUT2D eigenvalue weighted by Gasteiger charge is 2.22. The second-order valence-corrected chi connectivity index (χ2v) is 4.54. The number of ether oxygens (including phenoxy) is 1. The molecule has 0 radical (unpaired) electrons. The monoisotopic (exact) mass is 263 g/mol. The summed E-state index contributed by atoms with van der Waals surface area (Å²) in [6, 6.07) is 0.229. The van der Waals surface area contributed by atoms with Gasteiger partial charge in [0.1, 0.15) is 6.10 Å². The zero-order chi connectivity index (χ0) is 10.4. The number of nitrogens with one attached hydrogen (secondary N) is 1. The van der Waals surface area contributed by atoms with Crippen molar-refractivity contribution in [2.75, 3.05) is 11.9 Å². The number of carbonyl (C=O) groups is 1. The minimum atomic E-state index is -0.207. The highest BCUT2D eigenvalue weighted by Crippen LogP contribution is 2.12. The average molecular weight is 264 g/mol. The van der Waals surface area contributed by atoms with Crippen LogP contribution in [-0.2, 0) is 9.53 Å². The predicted molar refractivity (Wildman–Crippen MR) is 59.6 cm³/mol. The lowest BCUT2D eigenvalue weighted by Gasteiger charge is -2.23. The molecule has 1 amide bonds. The lowest BCUT2D eigenvalue weighted by molar-refractivity contribution is -0.136. The number of alkyl halides is 1. The van der Waals surface area contributed by atoms with Gasteiger partial charge in [-0.25, -0.2) is 0 Å². The Balaban J connectivity index is 2.25. The van der Waals surface area contributed by atoms with Crippen LogP contribution in [0.5, 0.6) is 0 Å². The van der Waals surface area contributed by atoms with Gasteiger partial charge in [0.15, 0.2) is 0 Å². The zero-order valence-electron chi connectivity index (χ0n) is 8.59. The summed E-state index contributed by atoms with van der Waals surface area (Å²) in [5, 5.41) is 3.87.